The summed E-state index contributed by atoms with van der Waals surface area (Å²) in [5, 5.41) is 1.67. The highest BCUT2D eigenvalue weighted by Gasteiger charge is 2.32. The molecule has 0 fully saturated rings. The van der Waals surface area contributed by atoms with Crippen molar-refractivity contribution >= 4 is 38.5 Å². The van der Waals surface area contributed by atoms with Crippen molar-refractivity contribution < 1.29 is 9.59 Å². The zero-order valence-electron chi connectivity index (χ0n) is 14.2. The van der Waals surface area contributed by atoms with Gasteiger partial charge in [0.1, 0.15) is 0 Å². The smallest absolute Gasteiger partial charge is 0.261 e. The molecule has 0 saturated carbocycles. The molecule has 3 aromatic carbocycles. The van der Waals surface area contributed by atoms with Gasteiger partial charge in [-0.3, -0.25) is 14.5 Å². The van der Waals surface area contributed by atoms with Crippen LogP contribution in [-0.2, 0) is 6.42 Å². The summed E-state index contributed by atoms with van der Waals surface area (Å²) in [6, 6.07) is 19.6. The maximum absolute atomic E-state index is 12.9. The standard InChI is InChI=1S/C22H18BrNO2/c23-19-13-12-18-20-16(19)10-6-11-17(20)21(25)24(22(18)26)14-5-4-9-15-7-2-1-3-8-15/h1-3,6-8,10-13H,4-5,9,14H2. The van der Waals surface area contributed by atoms with Gasteiger partial charge in [-0.15, -0.1) is 0 Å². The second-order valence-corrected chi connectivity index (χ2v) is 7.38. The van der Waals surface area contributed by atoms with Gasteiger partial charge in [0.2, 0.25) is 0 Å². The van der Waals surface area contributed by atoms with Gasteiger partial charge in [0.15, 0.2) is 0 Å². The Hall–Kier alpha value is -2.46. The summed E-state index contributed by atoms with van der Waals surface area (Å²) in [7, 11) is 0. The molecule has 0 unspecified atom stereocenters. The van der Waals surface area contributed by atoms with Crippen molar-refractivity contribution in [2.75, 3.05) is 6.54 Å². The lowest BCUT2D eigenvalue weighted by Gasteiger charge is -2.27. The minimum Gasteiger partial charge on any atom is -0.274 e. The predicted octanol–water partition coefficient (Wildman–Crippen LogP) is 5.22. The third kappa shape index (κ3) is 2.95. The summed E-state index contributed by atoms with van der Waals surface area (Å²) in [4.78, 5) is 27.2. The number of halogens is 1. The van der Waals surface area contributed by atoms with E-state index in [1.54, 1.807) is 0 Å². The molecule has 1 aliphatic rings. The van der Waals surface area contributed by atoms with Gasteiger partial charge in [0, 0.05) is 27.5 Å². The molecule has 0 radical (unpaired) electrons. The zero-order chi connectivity index (χ0) is 18.1. The summed E-state index contributed by atoms with van der Waals surface area (Å²) in [5.74, 6) is -0.378. The molecule has 4 rings (SSSR count). The monoisotopic (exact) mass is 407 g/mol. The predicted molar refractivity (Wildman–Crippen MR) is 106 cm³/mol. The van der Waals surface area contributed by atoms with Crippen LogP contribution in [-0.4, -0.2) is 23.3 Å². The highest BCUT2D eigenvalue weighted by Crippen LogP contribution is 2.34. The van der Waals surface area contributed by atoms with Gasteiger partial charge in [0.05, 0.1) is 0 Å². The highest BCUT2D eigenvalue weighted by atomic mass is 79.9. The van der Waals surface area contributed by atoms with Gasteiger partial charge in [-0.05, 0) is 48.4 Å². The van der Waals surface area contributed by atoms with E-state index in [1.807, 2.05) is 48.5 Å². The van der Waals surface area contributed by atoms with Crippen molar-refractivity contribution in [2.24, 2.45) is 0 Å². The second kappa shape index (κ2) is 7.04. The average Bonchev–Trinajstić information content (AvgIpc) is 2.67. The number of benzene rings is 3. The molecule has 0 aromatic heterocycles. The summed E-state index contributed by atoms with van der Waals surface area (Å²) in [6.45, 7) is 0.455. The molecule has 3 nitrogen and oxygen atoms in total. The molecule has 1 aliphatic heterocycles. The highest BCUT2D eigenvalue weighted by molar-refractivity contribution is 9.10. The van der Waals surface area contributed by atoms with Crippen LogP contribution >= 0.6 is 15.9 Å². The van der Waals surface area contributed by atoms with Gasteiger partial charge in [0.25, 0.3) is 11.8 Å². The van der Waals surface area contributed by atoms with Gasteiger partial charge in [-0.25, -0.2) is 0 Å². The number of aryl methyl sites for hydroxylation is 1. The Bertz CT molecular complexity index is 975. The molecular weight excluding hydrogens is 390 g/mol. The minimum absolute atomic E-state index is 0.189. The Balaban J connectivity index is 1.53. The van der Waals surface area contributed by atoms with Crippen LogP contribution < -0.4 is 0 Å². The lowest BCUT2D eigenvalue weighted by molar-refractivity contribution is 0.0608. The normalized spacial score (nSPS) is 13.5. The Morgan fingerprint density at radius 3 is 2.27 bits per heavy atom. The van der Waals surface area contributed by atoms with E-state index in [-0.39, 0.29) is 11.8 Å². The van der Waals surface area contributed by atoms with E-state index < -0.39 is 0 Å². The van der Waals surface area contributed by atoms with E-state index in [0.717, 1.165) is 34.5 Å². The lowest BCUT2D eigenvalue weighted by atomic mass is 9.94. The Morgan fingerprint density at radius 2 is 1.50 bits per heavy atom. The Morgan fingerprint density at radius 1 is 0.769 bits per heavy atom. The largest absolute Gasteiger partial charge is 0.274 e. The molecule has 130 valence electrons. The van der Waals surface area contributed by atoms with Crippen molar-refractivity contribution in [1.82, 2.24) is 4.90 Å². The molecule has 2 amide bonds. The molecule has 26 heavy (non-hydrogen) atoms. The first-order chi connectivity index (χ1) is 12.7. The van der Waals surface area contributed by atoms with Gasteiger partial charge >= 0.3 is 0 Å². The van der Waals surface area contributed by atoms with Crippen molar-refractivity contribution in [3.8, 4) is 0 Å². The van der Waals surface area contributed by atoms with Crippen LogP contribution in [0.4, 0.5) is 0 Å². The van der Waals surface area contributed by atoms with Gasteiger partial charge in [-0.1, -0.05) is 58.4 Å². The molecule has 0 N–H and O–H groups in total. The Kier molecular flexibility index (Phi) is 4.60. The van der Waals surface area contributed by atoms with E-state index in [0.29, 0.717) is 17.7 Å². The molecule has 0 aliphatic carbocycles. The van der Waals surface area contributed by atoms with E-state index in [1.165, 1.54) is 10.5 Å². The number of carbonyl (C=O) groups is 2. The fraction of sp³-hybridized carbons (Fsp3) is 0.182. The maximum Gasteiger partial charge on any atom is 0.261 e. The first-order valence-corrected chi connectivity index (χ1v) is 9.57. The number of rotatable bonds is 5. The first-order valence-electron chi connectivity index (χ1n) is 8.78. The molecule has 4 heteroatoms. The van der Waals surface area contributed by atoms with Gasteiger partial charge < -0.3 is 0 Å². The van der Waals surface area contributed by atoms with Crippen LogP contribution in [0.25, 0.3) is 10.8 Å². The number of amides is 2. The summed E-state index contributed by atoms with van der Waals surface area (Å²) in [5.41, 5.74) is 2.51. The van der Waals surface area contributed by atoms with E-state index in [9.17, 15) is 9.59 Å². The number of hydrogen-bond acceptors (Lipinski definition) is 2. The molecule has 0 saturated heterocycles. The number of unbranched alkanes of at least 4 members (excludes halogenated alkanes) is 1. The van der Waals surface area contributed by atoms with Crippen LogP contribution in [0.15, 0.2) is 65.1 Å². The quantitative estimate of drug-likeness (QED) is 0.429. The number of imide groups is 1. The second-order valence-electron chi connectivity index (χ2n) is 6.53. The van der Waals surface area contributed by atoms with Crippen LogP contribution in [0.1, 0.15) is 39.1 Å². The van der Waals surface area contributed by atoms with E-state index in [2.05, 4.69) is 28.1 Å². The fourth-order valence-corrected chi connectivity index (χ4v) is 4.02. The Labute approximate surface area is 160 Å². The molecular formula is C22H18BrNO2. The molecule has 0 atom stereocenters. The van der Waals surface area contributed by atoms with Gasteiger partial charge in [-0.2, -0.15) is 0 Å². The number of nitrogens with zero attached hydrogens (tertiary/aromatic N) is 1. The average molecular weight is 408 g/mol. The van der Waals surface area contributed by atoms with Crippen LogP contribution in [0.2, 0.25) is 0 Å². The van der Waals surface area contributed by atoms with Crippen molar-refractivity contribution in [1.29, 1.82) is 0 Å². The fourth-order valence-electron chi connectivity index (χ4n) is 3.56. The lowest BCUT2D eigenvalue weighted by Crippen LogP contribution is -2.40. The molecule has 0 spiro atoms. The molecule has 0 bridgehead atoms. The SMILES string of the molecule is O=C1c2cccc3c(Br)ccc(c23)C(=O)N1CCCCc1ccccc1. The summed E-state index contributed by atoms with van der Waals surface area (Å²) in [6.07, 6.45) is 2.70. The van der Waals surface area contributed by atoms with E-state index in [4.69, 9.17) is 0 Å². The zero-order valence-corrected chi connectivity index (χ0v) is 15.8. The third-order valence-corrected chi connectivity index (χ3v) is 5.57. The van der Waals surface area contributed by atoms with E-state index >= 15 is 0 Å². The maximum atomic E-state index is 12.9. The molecule has 1 heterocycles. The minimum atomic E-state index is -0.189. The summed E-state index contributed by atoms with van der Waals surface area (Å²) >= 11 is 3.51. The topological polar surface area (TPSA) is 37.4 Å². The number of hydrogen-bond donors (Lipinski definition) is 0. The summed E-state index contributed by atoms with van der Waals surface area (Å²) < 4.78 is 0.898. The van der Waals surface area contributed by atoms with Crippen LogP contribution in [0.3, 0.4) is 0 Å². The number of carbonyl (C=O) groups excluding carboxylic acids is 2. The van der Waals surface area contributed by atoms with Crippen LogP contribution in [0.5, 0.6) is 0 Å². The van der Waals surface area contributed by atoms with Crippen molar-refractivity contribution in [3.05, 3.63) is 81.8 Å². The first kappa shape index (κ1) is 17.0. The molecule has 3 aromatic rings. The van der Waals surface area contributed by atoms with Crippen LogP contribution in [0, 0.1) is 0 Å². The van der Waals surface area contributed by atoms with Crippen molar-refractivity contribution in [3.63, 3.8) is 0 Å². The third-order valence-electron chi connectivity index (χ3n) is 4.88. The van der Waals surface area contributed by atoms with Crippen molar-refractivity contribution in [2.45, 2.75) is 19.3 Å².